The lowest BCUT2D eigenvalue weighted by Gasteiger charge is -2.10. The summed E-state index contributed by atoms with van der Waals surface area (Å²) in [6, 6.07) is 4.83. The fourth-order valence-electron chi connectivity index (χ4n) is 2.98. The van der Waals surface area contributed by atoms with Crippen molar-refractivity contribution in [2.24, 2.45) is 0 Å². The zero-order chi connectivity index (χ0) is 19.8. The van der Waals surface area contributed by atoms with Crippen LogP contribution in [-0.2, 0) is 22.6 Å². The second kappa shape index (κ2) is 7.01. The molecule has 0 aliphatic heterocycles. The van der Waals surface area contributed by atoms with E-state index in [1.165, 1.54) is 12.4 Å². The Bertz CT molecular complexity index is 1280. The average Bonchev–Trinajstić information content (AvgIpc) is 3.12. The maximum atomic E-state index is 12.3. The third-order valence-electron chi connectivity index (χ3n) is 4.40. The van der Waals surface area contributed by atoms with Gasteiger partial charge in [0.05, 0.1) is 17.3 Å². The number of rotatable bonds is 4. The molecule has 4 aromatic rings. The third-order valence-corrected chi connectivity index (χ3v) is 4.63. The summed E-state index contributed by atoms with van der Waals surface area (Å²) in [5, 5.41) is 4.92. The van der Waals surface area contributed by atoms with E-state index in [1.54, 1.807) is 23.6 Å². The van der Waals surface area contributed by atoms with Gasteiger partial charge < -0.3 is 9.72 Å². The molecule has 0 fully saturated rings. The maximum absolute atomic E-state index is 12.3. The van der Waals surface area contributed by atoms with Gasteiger partial charge in [-0.3, -0.25) is 9.59 Å². The molecule has 9 nitrogen and oxygen atoms in total. The van der Waals surface area contributed by atoms with Gasteiger partial charge in [0.1, 0.15) is 18.8 Å². The van der Waals surface area contributed by atoms with Crippen molar-refractivity contribution in [3.63, 3.8) is 0 Å². The van der Waals surface area contributed by atoms with E-state index >= 15 is 0 Å². The van der Waals surface area contributed by atoms with Crippen LogP contribution in [0.2, 0.25) is 5.02 Å². The number of hydrogen-bond donors (Lipinski definition) is 1. The van der Waals surface area contributed by atoms with Gasteiger partial charge in [0.25, 0.3) is 11.3 Å². The predicted molar refractivity (Wildman–Crippen MR) is 101 cm³/mol. The van der Waals surface area contributed by atoms with Crippen LogP contribution in [0.5, 0.6) is 0 Å². The Kier molecular flexibility index (Phi) is 4.52. The standard InChI is InChI=1S/C18H15ClN6O3/c1-9-12(10(2)25-18(22-9)20-8-21-25)6-16(26)28-7-15-23-14-4-3-11(19)5-13(14)17(27)24-15/h3-5,8H,6-7H2,1-2H3,(H,23,24,27). The smallest absolute Gasteiger partial charge is 0.310 e. The molecule has 3 heterocycles. The van der Waals surface area contributed by atoms with Gasteiger partial charge in [0.15, 0.2) is 0 Å². The minimum atomic E-state index is -0.466. The Morgan fingerprint density at radius 2 is 2.11 bits per heavy atom. The van der Waals surface area contributed by atoms with E-state index in [1.807, 2.05) is 6.92 Å². The molecule has 0 spiro atoms. The number of benzene rings is 1. The highest BCUT2D eigenvalue weighted by atomic mass is 35.5. The molecule has 3 aromatic heterocycles. The Labute approximate surface area is 163 Å². The Morgan fingerprint density at radius 3 is 2.93 bits per heavy atom. The van der Waals surface area contributed by atoms with Crippen LogP contribution >= 0.6 is 11.6 Å². The summed E-state index contributed by atoms with van der Waals surface area (Å²) in [4.78, 5) is 39.8. The van der Waals surface area contributed by atoms with Crippen LogP contribution in [0.15, 0.2) is 29.3 Å². The second-order valence-electron chi connectivity index (χ2n) is 6.24. The van der Waals surface area contributed by atoms with Crippen molar-refractivity contribution >= 4 is 34.3 Å². The molecule has 1 N–H and O–H groups in total. The van der Waals surface area contributed by atoms with Gasteiger partial charge in [0.2, 0.25) is 0 Å². The largest absolute Gasteiger partial charge is 0.457 e. The van der Waals surface area contributed by atoms with E-state index in [0.717, 1.165) is 11.3 Å². The highest BCUT2D eigenvalue weighted by Crippen LogP contribution is 2.16. The first-order chi connectivity index (χ1) is 13.4. The number of aromatic nitrogens is 6. The molecule has 0 amide bonds. The van der Waals surface area contributed by atoms with Crippen LogP contribution in [0, 0.1) is 13.8 Å². The summed E-state index contributed by atoms with van der Waals surface area (Å²) in [6.07, 6.45) is 1.43. The van der Waals surface area contributed by atoms with Crippen LogP contribution in [0.3, 0.4) is 0 Å². The molecule has 0 saturated heterocycles. The van der Waals surface area contributed by atoms with Gasteiger partial charge in [0, 0.05) is 22.0 Å². The summed E-state index contributed by atoms with van der Waals surface area (Å²) < 4.78 is 6.87. The van der Waals surface area contributed by atoms with Crippen molar-refractivity contribution in [1.82, 2.24) is 29.5 Å². The van der Waals surface area contributed by atoms with Crippen LogP contribution in [0.25, 0.3) is 16.7 Å². The highest BCUT2D eigenvalue weighted by molar-refractivity contribution is 6.31. The molecular formula is C18H15ClN6O3. The van der Waals surface area contributed by atoms with Crippen LogP contribution < -0.4 is 5.56 Å². The van der Waals surface area contributed by atoms with Gasteiger partial charge in [-0.15, -0.1) is 0 Å². The first kappa shape index (κ1) is 18.1. The molecule has 0 radical (unpaired) electrons. The van der Waals surface area contributed by atoms with Crippen molar-refractivity contribution in [3.05, 3.63) is 62.7 Å². The van der Waals surface area contributed by atoms with Crippen molar-refractivity contribution < 1.29 is 9.53 Å². The summed E-state index contributed by atoms with van der Waals surface area (Å²) in [6.45, 7) is 3.49. The molecular weight excluding hydrogens is 384 g/mol. The van der Waals surface area contributed by atoms with Crippen molar-refractivity contribution in [3.8, 4) is 0 Å². The number of fused-ring (bicyclic) bond motifs is 2. The third kappa shape index (κ3) is 3.31. The van der Waals surface area contributed by atoms with E-state index in [2.05, 4.69) is 25.0 Å². The minimum Gasteiger partial charge on any atom is -0.457 e. The van der Waals surface area contributed by atoms with Crippen molar-refractivity contribution in [1.29, 1.82) is 0 Å². The first-order valence-electron chi connectivity index (χ1n) is 8.42. The van der Waals surface area contributed by atoms with E-state index in [-0.39, 0.29) is 24.4 Å². The number of aryl methyl sites for hydroxylation is 2. The molecule has 0 aliphatic rings. The number of nitrogens with zero attached hydrogens (tertiary/aromatic N) is 5. The average molecular weight is 399 g/mol. The molecule has 0 bridgehead atoms. The van der Waals surface area contributed by atoms with E-state index in [4.69, 9.17) is 16.3 Å². The number of carbonyl (C=O) groups excluding carboxylic acids is 1. The summed E-state index contributed by atoms with van der Waals surface area (Å²) in [7, 11) is 0. The molecule has 142 valence electrons. The fourth-order valence-corrected chi connectivity index (χ4v) is 3.16. The monoisotopic (exact) mass is 398 g/mol. The van der Waals surface area contributed by atoms with Crippen LogP contribution in [0.4, 0.5) is 0 Å². The summed E-state index contributed by atoms with van der Waals surface area (Å²) in [5.74, 6) is 0.267. The number of aromatic amines is 1. The lowest BCUT2D eigenvalue weighted by Crippen LogP contribution is -2.16. The van der Waals surface area contributed by atoms with E-state index in [0.29, 0.717) is 27.4 Å². The molecule has 0 unspecified atom stereocenters. The van der Waals surface area contributed by atoms with Gasteiger partial charge in [-0.2, -0.15) is 10.1 Å². The fraction of sp³-hybridized carbons (Fsp3) is 0.222. The normalized spacial score (nSPS) is 11.2. The van der Waals surface area contributed by atoms with Gasteiger partial charge in [-0.1, -0.05) is 11.6 Å². The van der Waals surface area contributed by atoms with E-state index in [9.17, 15) is 9.59 Å². The molecule has 28 heavy (non-hydrogen) atoms. The topological polar surface area (TPSA) is 115 Å². The molecule has 1 aromatic carbocycles. The first-order valence-corrected chi connectivity index (χ1v) is 8.80. The number of halogens is 1. The van der Waals surface area contributed by atoms with Gasteiger partial charge >= 0.3 is 5.97 Å². The number of esters is 1. The molecule has 10 heteroatoms. The highest BCUT2D eigenvalue weighted by Gasteiger charge is 2.16. The van der Waals surface area contributed by atoms with Crippen LogP contribution in [-0.4, -0.2) is 35.5 Å². The molecule has 4 rings (SSSR count). The van der Waals surface area contributed by atoms with Gasteiger partial charge in [-0.05, 0) is 32.0 Å². The molecule has 0 aliphatic carbocycles. The van der Waals surface area contributed by atoms with Crippen LogP contribution in [0.1, 0.15) is 22.8 Å². The molecule has 0 atom stereocenters. The van der Waals surface area contributed by atoms with Crippen molar-refractivity contribution in [2.75, 3.05) is 0 Å². The Morgan fingerprint density at radius 1 is 1.29 bits per heavy atom. The quantitative estimate of drug-likeness (QED) is 0.522. The SMILES string of the molecule is Cc1nc2ncnn2c(C)c1CC(=O)OCc1nc2ccc(Cl)cc2c(=O)[nH]1. The van der Waals surface area contributed by atoms with E-state index < -0.39 is 5.97 Å². The number of nitrogens with one attached hydrogen (secondary N) is 1. The Balaban J connectivity index is 1.52. The Hall–Kier alpha value is -3.33. The molecule has 0 saturated carbocycles. The number of H-pyrrole nitrogens is 1. The second-order valence-corrected chi connectivity index (χ2v) is 6.68. The van der Waals surface area contributed by atoms with Crippen molar-refractivity contribution in [2.45, 2.75) is 26.9 Å². The maximum Gasteiger partial charge on any atom is 0.310 e. The number of carbonyl (C=O) groups is 1. The lowest BCUT2D eigenvalue weighted by atomic mass is 10.1. The minimum absolute atomic E-state index is 0.0217. The van der Waals surface area contributed by atoms with Gasteiger partial charge in [-0.25, -0.2) is 14.5 Å². The predicted octanol–water partition coefficient (Wildman–Crippen LogP) is 1.92. The summed E-state index contributed by atoms with van der Waals surface area (Å²) in [5.41, 5.74) is 2.31. The zero-order valence-corrected chi connectivity index (χ0v) is 15.8. The number of ether oxygens (including phenoxy) is 1. The summed E-state index contributed by atoms with van der Waals surface area (Å²) >= 11 is 5.90. The lowest BCUT2D eigenvalue weighted by molar-refractivity contribution is -0.144. The zero-order valence-electron chi connectivity index (χ0n) is 15.1. The number of hydrogen-bond acceptors (Lipinski definition) is 7.